The fourth-order valence-electron chi connectivity index (χ4n) is 1.32. The predicted octanol–water partition coefficient (Wildman–Crippen LogP) is 2.22. The molecule has 1 atom stereocenters. The van der Waals surface area contributed by atoms with Crippen molar-refractivity contribution < 1.29 is 14.7 Å². The van der Waals surface area contributed by atoms with Crippen molar-refractivity contribution in [1.82, 2.24) is 4.90 Å². The van der Waals surface area contributed by atoms with Crippen LogP contribution in [0.5, 0.6) is 0 Å². The summed E-state index contributed by atoms with van der Waals surface area (Å²) in [7, 11) is 1.66. The fourth-order valence-corrected chi connectivity index (χ4v) is 2.29. The summed E-state index contributed by atoms with van der Waals surface area (Å²) in [4.78, 5) is 25.8. The molecule has 1 heterocycles. The number of hydrogen-bond acceptors (Lipinski definition) is 3. The number of aryl methyl sites for hydroxylation is 1. The quantitative estimate of drug-likeness (QED) is 0.837. The van der Waals surface area contributed by atoms with Gasteiger partial charge in [0.25, 0.3) is 0 Å². The summed E-state index contributed by atoms with van der Waals surface area (Å²) in [5, 5.41) is 8.45. The normalized spacial score (nSPS) is 12.6. The third-order valence-electron chi connectivity index (χ3n) is 2.47. The van der Waals surface area contributed by atoms with E-state index in [1.807, 2.05) is 26.0 Å². The SMILES string of the molecule is Cc1ccc(C(C)N(C)C(=O)/C=C/C(=O)O)s1. The first kappa shape index (κ1) is 13.4. The first-order valence-electron chi connectivity index (χ1n) is 5.16. The lowest BCUT2D eigenvalue weighted by Gasteiger charge is -2.22. The molecule has 0 aliphatic rings. The van der Waals surface area contributed by atoms with Crippen molar-refractivity contribution in [3.05, 3.63) is 34.0 Å². The van der Waals surface area contributed by atoms with E-state index in [0.717, 1.165) is 17.0 Å². The number of hydrogen-bond donors (Lipinski definition) is 1. The minimum atomic E-state index is -1.12. The zero-order chi connectivity index (χ0) is 13.0. The van der Waals surface area contributed by atoms with Gasteiger partial charge >= 0.3 is 5.97 Å². The molecule has 4 nitrogen and oxygen atoms in total. The predicted molar refractivity (Wildman–Crippen MR) is 67.0 cm³/mol. The Bertz CT molecular complexity index is 450. The number of carbonyl (C=O) groups excluding carboxylic acids is 1. The average Bonchev–Trinajstić information content (AvgIpc) is 2.70. The Morgan fingerprint density at radius 2 is 2.06 bits per heavy atom. The van der Waals surface area contributed by atoms with E-state index >= 15 is 0 Å². The summed E-state index contributed by atoms with van der Waals surface area (Å²) in [6.07, 6.45) is 1.92. The van der Waals surface area contributed by atoms with Gasteiger partial charge in [-0.2, -0.15) is 0 Å². The van der Waals surface area contributed by atoms with Crippen molar-refractivity contribution >= 4 is 23.2 Å². The molecule has 1 N–H and O–H groups in total. The molecule has 1 aromatic heterocycles. The van der Waals surface area contributed by atoms with Crippen LogP contribution in [0.25, 0.3) is 0 Å². The number of aliphatic carboxylic acids is 1. The van der Waals surface area contributed by atoms with Gasteiger partial charge in [0.2, 0.25) is 5.91 Å². The number of nitrogens with zero attached hydrogens (tertiary/aromatic N) is 1. The van der Waals surface area contributed by atoms with Gasteiger partial charge in [0.1, 0.15) is 0 Å². The molecule has 1 amide bonds. The van der Waals surface area contributed by atoms with Gasteiger partial charge in [-0.25, -0.2) is 4.79 Å². The van der Waals surface area contributed by atoms with Crippen LogP contribution in [0.3, 0.4) is 0 Å². The maximum atomic E-state index is 11.6. The highest BCUT2D eigenvalue weighted by Crippen LogP contribution is 2.26. The van der Waals surface area contributed by atoms with Crippen LogP contribution >= 0.6 is 11.3 Å². The van der Waals surface area contributed by atoms with Crippen molar-refractivity contribution in [3.63, 3.8) is 0 Å². The Kier molecular flexibility index (Phi) is 4.45. The number of likely N-dealkylation sites (N-methyl/N-ethyl adjacent to an activating group) is 1. The third-order valence-corrected chi connectivity index (χ3v) is 3.64. The van der Waals surface area contributed by atoms with E-state index in [0.29, 0.717) is 0 Å². The van der Waals surface area contributed by atoms with Gasteiger partial charge in [-0.3, -0.25) is 4.79 Å². The standard InChI is InChI=1S/C12H15NO3S/c1-8-4-5-10(17-8)9(2)13(3)11(14)6-7-12(15)16/h4-7,9H,1-3H3,(H,15,16)/b7-6+. The van der Waals surface area contributed by atoms with Crippen molar-refractivity contribution in [2.75, 3.05) is 7.05 Å². The van der Waals surface area contributed by atoms with Crippen molar-refractivity contribution in [1.29, 1.82) is 0 Å². The van der Waals surface area contributed by atoms with E-state index in [-0.39, 0.29) is 11.9 Å². The van der Waals surface area contributed by atoms with Gasteiger partial charge in [0.05, 0.1) is 6.04 Å². The monoisotopic (exact) mass is 253 g/mol. The molecule has 0 fully saturated rings. The van der Waals surface area contributed by atoms with Gasteiger partial charge in [-0.1, -0.05) is 0 Å². The topological polar surface area (TPSA) is 57.6 Å². The molecule has 0 aliphatic heterocycles. The van der Waals surface area contributed by atoms with E-state index < -0.39 is 5.97 Å². The molecule has 0 bridgehead atoms. The number of amides is 1. The minimum absolute atomic E-state index is 0.0559. The summed E-state index contributed by atoms with van der Waals surface area (Å²) in [6.45, 7) is 3.92. The maximum absolute atomic E-state index is 11.6. The van der Waals surface area contributed by atoms with E-state index in [4.69, 9.17) is 5.11 Å². The lowest BCUT2D eigenvalue weighted by molar-refractivity contribution is -0.132. The molecule has 92 valence electrons. The molecular weight excluding hydrogens is 238 g/mol. The van der Waals surface area contributed by atoms with Gasteiger partial charge in [0.15, 0.2) is 0 Å². The molecular formula is C12H15NO3S. The van der Waals surface area contributed by atoms with Gasteiger partial charge < -0.3 is 10.0 Å². The molecule has 0 saturated heterocycles. The van der Waals surface area contributed by atoms with Crippen LogP contribution in [0.1, 0.15) is 22.7 Å². The van der Waals surface area contributed by atoms with Crippen LogP contribution in [-0.4, -0.2) is 28.9 Å². The summed E-state index contributed by atoms with van der Waals surface area (Å²) >= 11 is 1.63. The second kappa shape index (κ2) is 5.63. The van der Waals surface area contributed by atoms with Gasteiger partial charge in [-0.05, 0) is 26.0 Å². The highest BCUT2D eigenvalue weighted by Gasteiger charge is 2.16. The largest absolute Gasteiger partial charge is 0.478 e. The molecule has 1 rings (SSSR count). The minimum Gasteiger partial charge on any atom is -0.478 e. The summed E-state index contributed by atoms with van der Waals surface area (Å²) in [6, 6.07) is 3.93. The summed E-state index contributed by atoms with van der Waals surface area (Å²) in [5.41, 5.74) is 0. The van der Waals surface area contributed by atoms with Gasteiger partial charge in [-0.15, -0.1) is 11.3 Å². The number of carbonyl (C=O) groups is 2. The maximum Gasteiger partial charge on any atom is 0.328 e. The van der Waals surface area contributed by atoms with Crippen LogP contribution in [-0.2, 0) is 9.59 Å². The van der Waals surface area contributed by atoms with Gasteiger partial charge in [0, 0.05) is 29.0 Å². The van der Waals surface area contributed by atoms with E-state index in [2.05, 4.69) is 0 Å². The van der Waals surface area contributed by atoms with Crippen LogP contribution in [0, 0.1) is 6.92 Å². The summed E-state index contributed by atoms with van der Waals surface area (Å²) in [5.74, 6) is -1.43. The lowest BCUT2D eigenvalue weighted by atomic mass is 10.2. The zero-order valence-corrected chi connectivity index (χ0v) is 10.8. The molecule has 0 aromatic carbocycles. The van der Waals surface area contributed by atoms with Crippen molar-refractivity contribution in [3.8, 4) is 0 Å². The molecule has 17 heavy (non-hydrogen) atoms. The Balaban J connectivity index is 2.72. The highest BCUT2D eigenvalue weighted by atomic mass is 32.1. The number of rotatable bonds is 4. The molecule has 5 heteroatoms. The van der Waals surface area contributed by atoms with Crippen molar-refractivity contribution in [2.24, 2.45) is 0 Å². The first-order valence-corrected chi connectivity index (χ1v) is 5.97. The summed E-state index contributed by atoms with van der Waals surface area (Å²) < 4.78 is 0. The van der Waals surface area contributed by atoms with E-state index in [9.17, 15) is 9.59 Å². The Labute approximate surface area is 104 Å². The van der Waals surface area contributed by atoms with E-state index in [1.54, 1.807) is 18.4 Å². The number of carboxylic acids is 1. The van der Waals surface area contributed by atoms with E-state index in [1.165, 1.54) is 9.78 Å². The molecule has 0 saturated carbocycles. The fraction of sp³-hybridized carbons (Fsp3) is 0.333. The average molecular weight is 253 g/mol. The molecule has 0 spiro atoms. The second-order valence-corrected chi connectivity index (χ2v) is 5.06. The molecule has 0 aliphatic carbocycles. The second-order valence-electron chi connectivity index (χ2n) is 3.75. The smallest absolute Gasteiger partial charge is 0.328 e. The number of thiophene rings is 1. The van der Waals surface area contributed by atoms with Crippen LogP contribution in [0.15, 0.2) is 24.3 Å². The zero-order valence-electron chi connectivity index (χ0n) is 10.0. The lowest BCUT2D eigenvalue weighted by Crippen LogP contribution is -2.27. The first-order chi connectivity index (χ1) is 7.91. The Morgan fingerprint density at radius 3 is 2.53 bits per heavy atom. The van der Waals surface area contributed by atoms with Crippen LogP contribution in [0.4, 0.5) is 0 Å². The Morgan fingerprint density at radius 1 is 1.41 bits per heavy atom. The molecule has 1 unspecified atom stereocenters. The van der Waals surface area contributed by atoms with Crippen LogP contribution < -0.4 is 0 Å². The molecule has 1 aromatic rings. The Hall–Kier alpha value is -1.62. The molecule has 0 radical (unpaired) electrons. The van der Waals surface area contributed by atoms with Crippen molar-refractivity contribution in [2.45, 2.75) is 19.9 Å². The highest BCUT2D eigenvalue weighted by molar-refractivity contribution is 7.12. The third kappa shape index (κ3) is 3.71. The number of carboxylic acid groups (broad SMARTS) is 1. The van der Waals surface area contributed by atoms with Crippen LogP contribution in [0.2, 0.25) is 0 Å².